The predicted molar refractivity (Wildman–Crippen MR) is 107 cm³/mol. The van der Waals surface area contributed by atoms with Crippen molar-refractivity contribution in [3.63, 3.8) is 0 Å². The van der Waals surface area contributed by atoms with E-state index in [1.807, 2.05) is 43.4 Å². The first kappa shape index (κ1) is 17.7. The van der Waals surface area contributed by atoms with E-state index in [-0.39, 0.29) is 17.2 Å². The van der Waals surface area contributed by atoms with Crippen LogP contribution in [0.4, 0.5) is 5.69 Å². The Morgan fingerprint density at radius 2 is 1.93 bits per heavy atom. The largest absolute Gasteiger partial charge is 0.505 e. The van der Waals surface area contributed by atoms with Gasteiger partial charge in [0.05, 0.1) is 17.4 Å². The Labute approximate surface area is 161 Å². The molecule has 0 aliphatic carbocycles. The number of carbonyl (C=O) groups excluding carboxylic acids is 1. The van der Waals surface area contributed by atoms with Crippen LogP contribution >= 0.6 is 0 Å². The molecule has 1 amide bonds. The molecule has 4 aromatic rings. The molecule has 142 valence electrons. The second-order valence-corrected chi connectivity index (χ2v) is 6.66. The zero-order chi connectivity index (χ0) is 19.7. The van der Waals surface area contributed by atoms with E-state index in [0.29, 0.717) is 24.2 Å². The molecule has 2 heterocycles. The van der Waals surface area contributed by atoms with Gasteiger partial charge in [-0.05, 0) is 36.6 Å². The molecule has 0 fully saturated rings. The molecule has 0 bridgehead atoms. The molecule has 0 saturated heterocycles. The summed E-state index contributed by atoms with van der Waals surface area (Å²) in [7, 11) is 1.82. The van der Waals surface area contributed by atoms with Crippen LogP contribution in [0.1, 0.15) is 21.6 Å². The van der Waals surface area contributed by atoms with Gasteiger partial charge in [-0.15, -0.1) is 0 Å². The van der Waals surface area contributed by atoms with Gasteiger partial charge in [0.2, 0.25) is 5.88 Å². The van der Waals surface area contributed by atoms with E-state index in [1.165, 1.54) is 0 Å². The lowest BCUT2D eigenvalue weighted by Crippen LogP contribution is -2.11. The summed E-state index contributed by atoms with van der Waals surface area (Å²) in [6, 6.07) is 15.2. The molecular formula is C21H20N4O3. The normalized spacial score (nSPS) is 11.0. The first-order valence-corrected chi connectivity index (χ1v) is 8.92. The number of carbonyl (C=O) groups is 1. The topological polar surface area (TPSA) is 103 Å². The molecular weight excluding hydrogens is 356 g/mol. The number of fused-ring (bicyclic) bond motifs is 1. The molecule has 2 aromatic carbocycles. The maximum Gasteiger partial charge on any atom is 0.264 e. The van der Waals surface area contributed by atoms with Crippen molar-refractivity contribution in [2.45, 2.75) is 12.8 Å². The molecule has 0 aliphatic heterocycles. The number of anilines is 1. The molecule has 2 aromatic heterocycles. The third kappa shape index (κ3) is 3.29. The molecule has 0 unspecified atom stereocenters. The highest BCUT2D eigenvalue weighted by atomic mass is 16.3. The second kappa shape index (κ2) is 7.11. The van der Waals surface area contributed by atoms with Gasteiger partial charge in [-0.3, -0.25) is 9.48 Å². The average molecular weight is 376 g/mol. The standard InChI is InChI=1S/C21H20N4O3/c1-25-17-11-15(9-8-14(17)12-22-25)23-20(27)18-19(26)16(24-21(18)28)10-7-13-5-3-2-4-6-13/h2-6,8-9,11-12,24,26,28H,7,10H2,1H3,(H,23,27). The molecule has 4 N–H and O–H groups in total. The number of amides is 1. The van der Waals surface area contributed by atoms with E-state index in [2.05, 4.69) is 15.4 Å². The van der Waals surface area contributed by atoms with E-state index in [4.69, 9.17) is 0 Å². The molecule has 0 spiro atoms. The first-order valence-electron chi connectivity index (χ1n) is 8.92. The van der Waals surface area contributed by atoms with E-state index in [0.717, 1.165) is 16.5 Å². The number of aryl methyl sites for hydroxylation is 3. The predicted octanol–water partition coefficient (Wildman–Crippen LogP) is 3.35. The summed E-state index contributed by atoms with van der Waals surface area (Å²) in [5.41, 5.74) is 2.78. The summed E-state index contributed by atoms with van der Waals surface area (Å²) in [5, 5.41) is 28.4. The summed E-state index contributed by atoms with van der Waals surface area (Å²) < 4.78 is 1.71. The van der Waals surface area contributed by atoms with Crippen molar-refractivity contribution in [1.29, 1.82) is 0 Å². The SMILES string of the molecule is Cn1ncc2ccc(NC(=O)c3c(O)[nH]c(CCc4ccccc4)c3O)cc21. The monoisotopic (exact) mass is 376 g/mol. The maximum atomic E-state index is 12.6. The van der Waals surface area contributed by atoms with Crippen LogP contribution in [0.25, 0.3) is 10.9 Å². The molecule has 0 atom stereocenters. The number of aromatic nitrogens is 3. The number of aromatic hydroxyl groups is 2. The summed E-state index contributed by atoms with van der Waals surface area (Å²) in [6.45, 7) is 0. The van der Waals surface area contributed by atoms with E-state index < -0.39 is 5.91 Å². The molecule has 0 saturated carbocycles. The minimum atomic E-state index is -0.585. The van der Waals surface area contributed by atoms with Gasteiger partial charge in [0, 0.05) is 18.1 Å². The average Bonchev–Trinajstić information content (AvgIpc) is 3.20. The first-order chi connectivity index (χ1) is 13.5. The zero-order valence-corrected chi connectivity index (χ0v) is 15.3. The van der Waals surface area contributed by atoms with Crippen molar-refractivity contribution in [3.05, 3.63) is 71.5 Å². The van der Waals surface area contributed by atoms with Crippen molar-refractivity contribution in [2.24, 2.45) is 7.05 Å². The molecule has 4 rings (SSSR count). The molecule has 0 aliphatic rings. The number of H-pyrrole nitrogens is 1. The lowest BCUT2D eigenvalue weighted by atomic mass is 10.1. The number of hydrogen-bond acceptors (Lipinski definition) is 4. The highest BCUT2D eigenvalue weighted by molar-refractivity contribution is 6.08. The molecule has 7 heteroatoms. The minimum absolute atomic E-state index is 0.159. The van der Waals surface area contributed by atoms with Crippen molar-refractivity contribution in [1.82, 2.24) is 14.8 Å². The Morgan fingerprint density at radius 3 is 2.71 bits per heavy atom. The van der Waals surface area contributed by atoms with Gasteiger partial charge in [-0.2, -0.15) is 5.10 Å². The third-order valence-corrected chi connectivity index (χ3v) is 4.77. The smallest absolute Gasteiger partial charge is 0.264 e. The van der Waals surface area contributed by atoms with Gasteiger partial charge in [-0.25, -0.2) is 0 Å². The zero-order valence-electron chi connectivity index (χ0n) is 15.3. The minimum Gasteiger partial charge on any atom is -0.505 e. The van der Waals surface area contributed by atoms with Crippen LogP contribution in [0.3, 0.4) is 0 Å². The van der Waals surface area contributed by atoms with Gasteiger partial charge < -0.3 is 20.5 Å². The number of benzene rings is 2. The highest BCUT2D eigenvalue weighted by Crippen LogP contribution is 2.32. The number of nitrogens with one attached hydrogen (secondary N) is 2. The Morgan fingerprint density at radius 1 is 1.14 bits per heavy atom. The second-order valence-electron chi connectivity index (χ2n) is 6.66. The Bertz CT molecular complexity index is 1150. The van der Waals surface area contributed by atoms with Crippen molar-refractivity contribution in [2.75, 3.05) is 5.32 Å². The number of aromatic amines is 1. The van der Waals surface area contributed by atoms with E-state index >= 15 is 0 Å². The van der Waals surface area contributed by atoms with Crippen LogP contribution in [0.15, 0.2) is 54.7 Å². The number of rotatable bonds is 5. The fraction of sp³-hybridized carbons (Fsp3) is 0.143. The Hall–Kier alpha value is -3.74. The number of hydrogen-bond donors (Lipinski definition) is 4. The third-order valence-electron chi connectivity index (χ3n) is 4.77. The lowest BCUT2D eigenvalue weighted by molar-refractivity contribution is 0.102. The van der Waals surface area contributed by atoms with Crippen LogP contribution in [0, 0.1) is 0 Å². The van der Waals surface area contributed by atoms with E-state index in [1.54, 1.807) is 23.0 Å². The van der Waals surface area contributed by atoms with E-state index in [9.17, 15) is 15.0 Å². The van der Waals surface area contributed by atoms with Gasteiger partial charge in [-0.1, -0.05) is 30.3 Å². The maximum absolute atomic E-state index is 12.6. The van der Waals surface area contributed by atoms with Crippen LogP contribution in [0.2, 0.25) is 0 Å². The fourth-order valence-corrected chi connectivity index (χ4v) is 3.25. The number of nitrogens with zero attached hydrogens (tertiary/aromatic N) is 2. The van der Waals surface area contributed by atoms with Gasteiger partial charge in [0.1, 0.15) is 5.56 Å². The summed E-state index contributed by atoms with van der Waals surface area (Å²) in [4.78, 5) is 15.3. The molecule has 0 radical (unpaired) electrons. The van der Waals surface area contributed by atoms with Gasteiger partial charge in [0.25, 0.3) is 5.91 Å². The van der Waals surface area contributed by atoms with Crippen LogP contribution in [0.5, 0.6) is 11.6 Å². The van der Waals surface area contributed by atoms with Crippen molar-refractivity contribution >= 4 is 22.5 Å². The summed E-state index contributed by atoms with van der Waals surface area (Å²) >= 11 is 0. The Kier molecular flexibility index (Phi) is 4.49. The van der Waals surface area contributed by atoms with Crippen LogP contribution in [-0.4, -0.2) is 30.9 Å². The fourth-order valence-electron chi connectivity index (χ4n) is 3.25. The van der Waals surface area contributed by atoms with Crippen molar-refractivity contribution in [3.8, 4) is 11.6 Å². The molecule has 28 heavy (non-hydrogen) atoms. The summed E-state index contributed by atoms with van der Waals surface area (Å²) in [6.07, 6.45) is 2.88. The summed E-state index contributed by atoms with van der Waals surface area (Å²) in [5.74, 6) is -1.16. The molecule has 7 nitrogen and oxygen atoms in total. The lowest BCUT2D eigenvalue weighted by Gasteiger charge is -2.06. The van der Waals surface area contributed by atoms with Crippen LogP contribution in [-0.2, 0) is 19.9 Å². The quantitative estimate of drug-likeness (QED) is 0.429. The van der Waals surface area contributed by atoms with Crippen LogP contribution < -0.4 is 5.32 Å². The Balaban J connectivity index is 1.53. The highest BCUT2D eigenvalue weighted by Gasteiger charge is 2.23. The van der Waals surface area contributed by atoms with Crippen molar-refractivity contribution < 1.29 is 15.0 Å². The van der Waals surface area contributed by atoms with Gasteiger partial charge >= 0.3 is 0 Å². The van der Waals surface area contributed by atoms with Gasteiger partial charge in [0.15, 0.2) is 5.75 Å².